The molecule has 0 aromatic heterocycles. The van der Waals surface area contributed by atoms with Gasteiger partial charge in [0, 0.05) is 18.0 Å². The maximum absolute atomic E-state index is 12.9. The van der Waals surface area contributed by atoms with E-state index in [9.17, 15) is 9.90 Å². The molecule has 0 aliphatic heterocycles. The normalized spacial score (nSPS) is 12.2. The Hall–Kier alpha value is -3.31. The monoisotopic (exact) mass is 403 g/mol. The zero-order chi connectivity index (χ0) is 20.9. The summed E-state index contributed by atoms with van der Waals surface area (Å²) < 4.78 is 11.1. The van der Waals surface area contributed by atoms with Gasteiger partial charge in [-0.2, -0.15) is 0 Å². The van der Waals surface area contributed by atoms with Crippen LogP contribution >= 0.6 is 0 Å². The number of hydrogen-bond acceptors (Lipinski definition) is 4. The van der Waals surface area contributed by atoms with Crippen molar-refractivity contribution in [2.45, 2.75) is 12.5 Å². The van der Waals surface area contributed by atoms with Crippen molar-refractivity contribution in [3.63, 3.8) is 0 Å². The average Bonchev–Trinajstić information content (AvgIpc) is 3.11. The Balaban J connectivity index is 1.50. The summed E-state index contributed by atoms with van der Waals surface area (Å²) in [5.74, 6) is 0.704. The summed E-state index contributed by atoms with van der Waals surface area (Å²) in [7, 11) is 1.60. The fourth-order valence-electron chi connectivity index (χ4n) is 4.08. The Labute approximate surface area is 176 Å². The highest BCUT2D eigenvalue weighted by atomic mass is 16.6. The van der Waals surface area contributed by atoms with Gasteiger partial charge in [-0.05, 0) is 28.3 Å². The van der Waals surface area contributed by atoms with Crippen molar-refractivity contribution in [1.82, 2.24) is 4.90 Å². The van der Waals surface area contributed by atoms with Crippen LogP contribution in [0, 0.1) is 0 Å². The number of ether oxygens (including phenoxy) is 2. The summed E-state index contributed by atoms with van der Waals surface area (Å²) in [5.41, 5.74) is 5.59. The van der Waals surface area contributed by atoms with Gasteiger partial charge in [0.05, 0.1) is 20.3 Å². The van der Waals surface area contributed by atoms with Crippen molar-refractivity contribution in [2.24, 2.45) is 0 Å². The summed E-state index contributed by atoms with van der Waals surface area (Å²) in [6.07, 6.45) is -0.447. The number of hydrogen-bond donors (Lipinski definition) is 1. The molecule has 5 heteroatoms. The number of para-hydroxylation sites is 1. The van der Waals surface area contributed by atoms with Gasteiger partial charge in [-0.15, -0.1) is 0 Å². The van der Waals surface area contributed by atoms with E-state index in [1.165, 1.54) is 27.2 Å². The molecule has 5 nitrogen and oxygen atoms in total. The number of fused-ring (bicyclic) bond motifs is 3. The van der Waals surface area contributed by atoms with Gasteiger partial charge in [0.1, 0.15) is 12.4 Å². The van der Waals surface area contributed by atoms with E-state index in [0.29, 0.717) is 12.3 Å². The Morgan fingerprint density at radius 2 is 1.53 bits per heavy atom. The van der Waals surface area contributed by atoms with Crippen LogP contribution in [0.15, 0.2) is 72.8 Å². The first-order chi connectivity index (χ1) is 14.7. The number of benzene rings is 3. The lowest BCUT2D eigenvalue weighted by molar-refractivity contribution is 0.0889. The van der Waals surface area contributed by atoms with Gasteiger partial charge >= 0.3 is 6.09 Å². The van der Waals surface area contributed by atoms with E-state index in [1.807, 2.05) is 48.5 Å². The summed E-state index contributed by atoms with van der Waals surface area (Å²) in [6, 6.07) is 24.0. The van der Waals surface area contributed by atoms with Crippen molar-refractivity contribution in [3.8, 4) is 16.9 Å². The van der Waals surface area contributed by atoms with Crippen LogP contribution in [-0.4, -0.2) is 43.0 Å². The molecule has 0 unspecified atom stereocenters. The lowest BCUT2D eigenvalue weighted by Gasteiger charge is -2.23. The fourth-order valence-corrected chi connectivity index (χ4v) is 4.08. The SMILES string of the molecule is COc1ccccc1CN(CCO)C(=O)OCC1c2ccccc2-c2ccccc21. The maximum atomic E-state index is 12.9. The fraction of sp³-hybridized carbons (Fsp3) is 0.240. The quantitative estimate of drug-likeness (QED) is 0.634. The molecule has 0 saturated heterocycles. The highest BCUT2D eigenvalue weighted by Gasteiger charge is 2.29. The third-order valence-electron chi connectivity index (χ3n) is 5.52. The third kappa shape index (κ3) is 3.89. The molecule has 0 fully saturated rings. The number of carbonyl (C=O) groups excluding carboxylic acids is 1. The van der Waals surface area contributed by atoms with Crippen LogP contribution in [0.1, 0.15) is 22.6 Å². The van der Waals surface area contributed by atoms with Crippen LogP contribution in [-0.2, 0) is 11.3 Å². The zero-order valence-electron chi connectivity index (χ0n) is 17.0. The Bertz CT molecular complexity index is 987. The highest BCUT2D eigenvalue weighted by Crippen LogP contribution is 2.44. The number of aliphatic hydroxyl groups is 1. The van der Waals surface area contributed by atoms with E-state index in [2.05, 4.69) is 24.3 Å². The second-order valence-corrected chi connectivity index (χ2v) is 7.26. The van der Waals surface area contributed by atoms with Gasteiger partial charge < -0.3 is 19.5 Å². The predicted molar refractivity (Wildman–Crippen MR) is 116 cm³/mol. The van der Waals surface area contributed by atoms with E-state index >= 15 is 0 Å². The van der Waals surface area contributed by atoms with E-state index in [-0.39, 0.29) is 25.7 Å². The minimum Gasteiger partial charge on any atom is -0.496 e. The number of carbonyl (C=O) groups is 1. The molecule has 1 amide bonds. The van der Waals surface area contributed by atoms with Gasteiger partial charge in [-0.25, -0.2) is 4.79 Å². The van der Waals surface area contributed by atoms with Crippen molar-refractivity contribution in [2.75, 3.05) is 26.9 Å². The molecule has 0 spiro atoms. The molecular weight excluding hydrogens is 378 g/mol. The van der Waals surface area contributed by atoms with Gasteiger partial charge in [0.2, 0.25) is 0 Å². The van der Waals surface area contributed by atoms with E-state index in [0.717, 1.165) is 5.56 Å². The van der Waals surface area contributed by atoms with Gasteiger partial charge in [0.15, 0.2) is 0 Å². The first-order valence-corrected chi connectivity index (χ1v) is 10.1. The van der Waals surface area contributed by atoms with E-state index in [4.69, 9.17) is 9.47 Å². The third-order valence-corrected chi connectivity index (χ3v) is 5.52. The van der Waals surface area contributed by atoms with Crippen LogP contribution < -0.4 is 4.74 Å². The first-order valence-electron chi connectivity index (χ1n) is 10.1. The maximum Gasteiger partial charge on any atom is 0.410 e. The number of rotatable bonds is 7. The topological polar surface area (TPSA) is 59.0 Å². The number of methoxy groups -OCH3 is 1. The minimum atomic E-state index is -0.447. The molecule has 4 rings (SSSR count). The molecule has 0 saturated carbocycles. The lowest BCUT2D eigenvalue weighted by Crippen LogP contribution is -2.34. The van der Waals surface area contributed by atoms with E-state index in [1.54, 1.807) is 7.11 Å². The van der Waals surface area contributed by atoms with Gasteiger partial charge in [0.25, 0.3) is 0 Å². The van der Waals surface area contributed by atoms with Gasteiger partial charge in [-0.1, -0.05) is 66.7 Å². The average molecular weight is 403 g/mol. The smallest absolute Gasteiger partial charge is 0.410 e. The summed E-state index contributed by atoms with van der Waals surface area (Å²) in [4.78, 5) is 14.4. The standard InChI is InChI=1S/C25H25NO4/c1-29-24-13-7-2-8-18(24)16-26(14-15-27)25(28)30-17-23-21-11-5-3-9-19(21)20-10-4-6-12-22(20)23/h2-13,23,27H,14-17H2,1H3. The van der Waals surface area contributed by atoms with Crippen LogP contribution in [0.4, 0.5) is 4.79 Å². The molecule has 3 aromatic rings. The van der Waals surface area contributed by atoms with Crippen molar-refractivity contribution in [1.29, 1.82) is 0 Å². The Morgan fingerprint density at radius 3 is 2.17 bits per heavy atom. The van der Waals surface area contributed by atoms with Crippen molar-refractivity contribution in [3.05, 3.63) is 89.5 Å². The molecule has 1 aliphatic rings. The largest absolute Gasteiger partial charge is 0.496 e. The molecule has 3 aromatic carbocycles. The Morgan fingerprint density at radius 1 is 0.933 bits per heavy atom. The zero-order valence-corrected chi connectivity index (χ0v) is 17.0. The summed E-state index contributed by atoms with van der Waals surface area (Å²) >= 11 is 0. The lowest BCUT2D eigenvalue weighted by atomic mass is 9.98. The first kappa shape index (κ1) is 20.0. The minimum absolute atomic E-state index is 0.00332. The molecule has 1 aliphatic carbocycles. The molecular formula is C25H25NO4. The van der Waals surface area contributed by atoms with Crippen LogP contribution in [0.2, 0.25) is 0 Å². The second-order valence-electron chi connectivity index (χ2n) is 7.26. The molecule has 0 heterocycles. The van der Waals surface area contributed by atoms with Crippen LogP contribution in [0.3, 0.4) is 0 Å². The van der Waals surface area contributed by atoms with Crippen molar-refractivity contribution >= 4 is 6.09 Å². The Kier molecular flexibility index (Phi) is 6.00. The molecule has 30 heavy (non-hydrogen) atoms. The highest BCUT2D eigenvalue weighted by molar-refractivity contribution is 5.79. The summed E-state index contributed by atoms with van der Waals surface area (Å²) in [6.45, 7) is 0.607. The molecule has 0 bridgehead atoms. The molecule has 1 N–H and O–H groups in total. The molecule has 154 valence electrons. The molecule has 0 radical (unpaired) electrons. The van der Waals surface area contributed by atoms with Crippen molar-refractivity contribution < 1.29 is 19.4 Å². The number of nitrogens with zero attached hydrogens (tertiary/aromatic N) is 1. The van der Waals surface area contributed by atoms with Crippen LogP contribution in [0.25, 0.3) is 11.1 Å². The van der Waals surface area contributed by atoms with Gasteiger partial charge in [-0.3, -0.25) is 0 Å². The predicted octanol–water partition coefficient (Wildman–Crippen LogP) is 4.44. The number of aliphatic hydroxyl groups excluding tert-OH is 1. The second kappa shape index (κ2) is 9.01. The molecule has 0 atom stereocenters. The van der Waals surface area contributed by atoms with E-state index < -0.39 is 6.09 Å². The summed E-state index contributed by atoms with van der Waals surface area (Å²) in [5, 5.41) is 9.45. The van der Waals surface area contributed by atoms with Crippen LogP contribution in [0.5, 0.6) is 5.75 Å². The number of amides is 1.